The second-order valence-corrected chi connectivity index (χ2v) is 5.90. The van der Waals surface area contributed by atoms with Crippen LogP contribution < -0.4 is 4.74 Å². The number of nitrogens with zero attached hydrogens (tertiary/aromatic N) is 2. The van der Waals surface area contributed by atoms with Crippen LogP contribution in [0.3, 0.4) is 0 Å². The molecule has 0 spiro atoms. The van der Waals surface area contributed by atoms with Gasteiger partial charge >= 0.3 is 0 Å². The molecule has 2 aromatic heterocycles. The third-order valence-corrected chi connectivity index (χ3v) is 4.22. The number of rotatable bonds is 3. The third-order valence-electron chi connectivity index (χ3n) is 4.22. The minimum Gasteiger partial charge on any atom is -0.497 e. The first-order valence-electron chi connectivity index (χ1n) is 7.93. The maximum Gasteiger partial charge on any atom is 0.137 e. The number of pyridine rings is 1. The molecule has 0 aliphatic rings. The number of hydrogen-bond acceptors (Lipinski definition) is 2. The lowest BCUT2D eigenvalue weighted by atomic mass is 10.0. The minimum atomic E-state index is 0.871. The zero-order valence-corrected chi connectivity index (χ0v) is 13.7. The number of benzene rings is 2. The van der Waals surface area contributed by atoms with Gasteiger partial charge in [-0.15, -0.1) is 0 Å². The van der Waals surface area contributed by atoms with E-state index in [1.54, 1.807) is 7.11 Å². The molecular weight excluding hydrogens is 296 g/mol. The molecule has 3 nitrogen and oxygen atoms in total. The standard InChI is InChI=1S/C21H18N2O/c1-15-11-12-23-14-20(22-21(23)13-15)18-5-3-16(4-6-18)17-7-9-19(24-2)10-8-17/h3-14H,1-2H3. The minimum absolute atomic E-state index is 0.871. The Balaban J connectivity index is 1.66. The van der Waals surface area contributed by atoms with Gasteiger partial charge in [-0.1, -0.05) is 36.4 Å². The highest BCUT2D eigenvalue weighted by Crippen LogP contribution is 2.26. The zero-order valence-electron chi connectivity index (χ0n) is 13.7. The number of imidazole rings is 1. The molecule has 0 unspecified atom stereocenters. The van der Waals surface area contributed by atoms with E-state index < -0.39 is 0 Å². The van der Waals surface area contributed by atoms with E-state index >= 15 is 0 Å². The van der Waals surface area contributed by atoms with Gasteiger partial charge in [0.15, 0.2) is 0 Å². The fraction of sp³-hybridized carbons (Fsp3) is 0.0952. The molecule has 118 valence electrons. The van der Waals surface area contributed by atoms with Crippen molar-refractivity contribution in [3.05, 3.63) is 78.6 Å². The van der Waals surface area contributed by atoms with Gasteiger partial charge in [-0.25, -0.2) is 4.98 Å². The van der Waals surface area contributed by atoms with Crippen LogP contribution in [0.4, 0.5) is 0 Å². The van der Waals surface area contributed by atoms with Crippen molar-refractivity contribution < 1.29 is 4.74 Å². The lowest BCUT2D eigenvalue weighted by molar-refractivity contribution is 0.415. The SMILES string of the molecule is COc1ccc(-c2ccc(-c3cn4ccc(C)cc4n3)cc2)cc1. The molecule has 0 bridgehead atoms. The lowest BCUT2D eigenvalue weighted by Gasteiger charge is -2.04. The van der Waals surface area contributed by atoms with Gasteiger partial charge in [-0.2, -0.15) is 0 Å². The van der Waals surface area contributed by atoms with Gasteiger partial charge < -0.3 is 9.14 Å². The van der Waals surface area contributed by atoms with E-state index in [-0.39, 0.29) is 0 Å². The second kappa shape index (κ2) is 5.85. The molecule has 0 amide bonds. The number of methoxy groups -OCH3 is 1. The molecule has 24 heavy (non-hydrogen) atoms. The summed E-state index contributed by atoms with van der Waals surface area (Å²) in [4.78, 5) is 4.72. The van der Waals surface area contributed by atoms with E-state index in [0.29, 0.717) is 0 Å². The average molecular weight is 314 g/mol. The Kier molecular flexibility index (Phi) is 3.54. The summed E-state index contributed by atoms with van der Waals surface area (Å²) in [6.07, 6.45) is 4.12. The topological polar surface area (TPSA) is 26.5 Å². The normalized spacial score (nSPS) is 10.9. The number of ether oxygens (including phenoxy) is 1. The first-order valence-corrected chi connectivity index (χ1v) is 7.93. The molecule has 0 saturated carbocycles. The van der Waals surface area contributed by atoms with Crippen molar-refractivity contribution in [2.75, 3.05) is 7.11 Å². The van der Waals surface area contributed by atoms with Crippen molar-refractivity contribution in [3.63, 3.8) is 0 Å². The van der Waals surface area contributed by atoms with E-state index in [4.69, 9.17) is 9.72 Å². The van der Waals surface area contributed by atoms with Gasteiger partial charge in [0.05, 0.1) is 12.8 Å². The summed E-state index contributed by atoms with van der Waals surface area (Å²) in [6, 6.07) is 20.8. The predicted molar refractivity (Wildman–Crippen MR) is 97.4 cm³/mol. The Morgan fingerprint density at radius 2 is 1.46 bits per heavy atom. The van der Waals surface area contributed by atoms with Crippen LogP contribution >= 0.6 is 0 Å². The summed E-state index contributed by atoms with van der Waals surface area (Å²) in [7, 11) is 1.68. The van der Waals surface area contributed by atoms with Crippen molar-refractivity contribution in [2.45, 2.75) is 6.92 Å². The number of hydrogen-bond donors (Lipinski definition) is 0. The summed E-state index contributed by atoms with van der Waals surface area (Å²) in [5, 5.41) is 0. The van der Waals surface area contributed by atoms with E-state index in [1.807, 2.05) is 18.3 Å². The first-order chi connectivity index (χ1) is 11.7. The highest BCUT2D eigenvalue weighted by molar-refractivity contribution is 5.70. The fourth-order valence-corrected chi connectivity index (χ4v) is 2.84. The molecule has 0 saturated heterocycles. The number of aryl methyl sites for hydroxylation is 1. The van der Waals surface area contributed by atoms with Gasteiger partial charge in [0, 0.05) is 18.0 Å². The van der Waals surface area contributed by atoms with Gasteiger partial charge in [-0.3, -0.25) is 0 Å². The third kappa shape index (κ3) is 2.65. The summed E-state index contributed by atoms with van der Waals surface area (Å²) >= 11 is 0. The largest absolute Gasteiger partial charge is 0.497 e. The molecule has 0 aliphatic heterocycles. The van der Waals surface area contributed by atoms with Crippen LogP contribution in [0.25, 0.3) is 28.0 Å². The molecule has 0 N–H and O–H groups in total. The van der Waals surface area contributed by atoms with Crippen molar-refractivity contribution in [1.82, 2.24) is 9.38 Å². The van der Waals surface area contributed by atoms with E-state index in [0.717, 1.165) is 22.7 Å². The molecule has 4 aromatic rings. The molecule has 0 fully saturated rings. The zero-order chi connectivity index (χ0) is 16.5. The quantitative estimate of drug-likeness (QED) is 0.533. The van der Waals surface area contributed by atoms with Gasteiger partial charge in [0.25, 0.3) is 0 Å². The maximum atomic E-state index is 5.21. The van der Waals surface area contributed by atoms with E-state index in [2.05, 4.69) is 66.1 Å². The molecule has 4 rings (SSSR count). The van der Waals surface area contributed by atoms with Crippen molar-refractivity contribution in [2.24, 2.45) is 0 Å². The summed E-state index contributed by atoms with van der Waals surface area (Å²) in [6.45, 7) is 2.08. The predicted octanol–water partition coefficient (Wildman–Crippen LogP) is 4.99. The first kappa shape index (κ1) is 14.5. The van der Waals surface area contributed by atoms with E-state index in [9.17, 15) is 0 Å². The van der Waals surface area contributed by atoms with Crippen LogP contribution in [0.5, 0.6) is 5.75 Å². The van der Waals surface area contributed by atoms with Crippen LogP contribution in [0, 0.1) is 6.92 Å². The molecule has 2 aromatic carbocycles. The van der Waals surface area contributed by atoms with Gasteiger partial charge in [0.1, 0.15) is 11.4 Å². The fourth-order valence-electron chi connectivity index (χ4n) is 2.84. The average Bonchev–Trinajstić information content (AvgIpc) is 3.05. The Labute approximate surface area is 141 Å². The second-order valence-electron chi connectivity index (χ2n) is 5.90. The Bertz CT molecular complexity index is 983. The van der Waals surface area contributed by atoms with Crippen LogP contribution in [-0.2, 0) is 0 Å². The number of aromatic nitrogens is 2. The number of fused-ring (bicyclic) bond motifs is 1. The van der Waals surface area contributed by atoms with Crippen LogP contribution in [0.2, 0.25) is 0 Å². The maximum absolute atomic E-state index is 5.21. The molecule has 3 heteroatoms. The molecule has 0 atom stereocenters. The molecule has 2 heterocycles. The molecule has 0 aliphatic carbocycles. The van der Waals surface area contributed by atoms with Crippen LogP contribution in [-0.4, -0.2) is 16.5 Å². The van der Waals surface area contributed by atoms with Crippen molar-refractivity contribution >= 4 is 5.65 Å². The highest BCUT2D eigenvalue weighted by Gasteiger charge is 2.05. The Morgan fingerprint density at radius 3 is 2.12 bits per heavy atom. The van der Waals surface area contributed by atoms with Crippen LogP contribution in [0.1, 0.15) is 5.56 Å². The summed E-state index contributed by atoms with van der Waals surface area (Å²) < 4.78 is 7.26. The van der Waals surface area contributed by atoms with Crippen molar-refractivity contribution in [1.29, 1.82) is 0 Å². The van der Waals surface area contributed by atoms with Gasteiger partial charge in [-0.05, 0) is 47.9 Å². The van der Waals surface area contributed by atoms with Gasteiger partial charge in [0.2, 0.25) is 0 Å². The molecule has 0 radical (unpaired) electrons. The Hall–Kier alpha value is -3.07. The summed E-state index contributed by atoms with van der Waals surface area (Å²) in [5.74, 6) is 0.871. The Morgan fingerprint density at radius 1 is 0.833 bits per heavy atom. The highest BCUT2D eigenvalue weighted by atomic mass is 16.5. The smallest absolute Gasteiger partial charge is 0.137 e. The summed E-state index contributed by atoms with van der Waals surface area (Å²) in [5.41, 5.74) is 6.66. The monoisotopic (exact) mass is 314 g/mol. The molecular formula is C21H18N2O. The van der Waals surface area contributed by atoms with Crippen molar-refractivity contribution in [3.8, 4) is 28.1 Å². The lowest BCUT2D eigenvalue weighted by Crippen LogP contribution is -1.83. The van der Waals surface area contributed by atoms with E-state index in [1.165, 1.54) is 16.7 Å². The van der Waals surface area contributed by atoms with Crippen LogP contribution in [0.15, 0.2) is 73.1 Å².